The molecule has 0 amide bonds. The van der Waals surface area contributed by atoms with Crippen LogP contribution in [0.15, 0.2) is 48.5 Å². The average molecular weight is 479 g/mol. The largest absolute Gasteiger partial charge is 0.494 e. The highest BCUT2D eigenvalue weighted by atomic mass is 16.5. The van der Waals surface area contributed by atoms with Gasteiger partial charge < -0.3 is 14.6 Å². The first-order valence-electron chi connectivity index (χ1n) is 13.0. The van der Waals surface area contributed by atoms with Crippen LogP contribution < -0.4 is 9.47 Å². The molecule has 188 valence electrons. The highest BCUT2D eigenvalue weighted by molar-refractivity contribution is 5.85. The van der Waals surface area contributed by atoms with Gasteiger partial charge in [-0.15, -0.1) is 0 Å². The molecule has 0 saturated heterocycles. The molecular formula is C30H38O5. The number of esters is 1. The van der Waals surface area contributed by atoms with Crippen molar-refractivity contribution in [3.05, 3.63) is 65.2 Å². The van der Waals surface area contributed by atoms with Gasteiger partial charge in [-0.1, -0.05) is 70.1 Å². The van der Waals surface area contributed by atoms with Crippen molar-refractivity contribution in [2.45, 2.75) is 77.6 Å². The topological polar surface area (TPSA) is 72.8 Å². The summed E-state index contributed by atoms with van der Waals surface area (Å²) in [5.41, 5.74) is 3.18. The number of hydrogen-bond acceptors (Lipinski definition) is 4. The molecule has 1 unspecified atom stereocenters. The maximum Gasteiger partial charge on any atom is 0.328 e. The van der Waals surface area contributed by atoms with Gasteiger partial charge in [0.1, 0.15) is 11.5 Å². The number of aryl methyl sites for hydroxylation is 1. The van der Waals surface area contributed by atoms with E-state index in [0.717, 1.165) is 43.3 Å². The van der Waals surface area contributed by atoms with Gasteiger partial charge in [0.2, 0.25) is 0 Å². The van der Waals surface area contributed by atoms with Crippen molar-refractivity contribution in [1.82, 2.24) is 0 Å². The maximum absolute atomic E-state index is 12.7. The maximum atomic E-state index is 12.7. The first-order valence-corrected chi connectivity index (χ1v) is 13.0. The van der Waals surface area contributed by atoms with Gasteiger partial charge in [-0.05, 0) is 72.7 Å². The highest BCUT2D eigenvalue weighted by Gasteiger charge is 2.26. The Kier molecular flexibility index (Phi) is 10.9. The van der Waals surface area contributed by atoms with Crippen LogP contribution >= 0.6 is 0 Å². The fraction of sp³-hybridized carbons (Fsp3) is 0.467. The van der Waals surface area contributed by atoms with E-state index in [-0.39, 0.29) is 11.9 Å². The van der Waals surface area contributed by atoms with Crippen LogP contribution in [0.1, 0.15) is 81.4 Å². The number of unbranched alkanes of at least 4 members (excludes halogenated alkanes) is 7. The average Bonchev–Trinajstić information content (AvgIpc) is 2.87. The summed E-state index contributed by atoms with van der Waals surface area (Å²) in [6, 6.07) is 13.1. The zero-order chi connectivity index (χ0) is 24.9. The van der Waals surface area contributed by atoms with E-state index < -0.39 is 5.97 Å². The molecule has 2 aromatic carbocycles. The monoisotopic (exact) mass is 478 g/mol. The van der Waals surface area contributed by atoms with Gasteiger partial charge in [0.25, 0.3) is 0 Å². The number of hydrogen-bond donors (Lipinski definition) is 1. The molecule has 0 radical (unpaired) electrons. The highest BCUT2D eigenvalue weighted by Crippen LogP contribution is 2.30. The Hall–Kier alpha value is -3.08. The normalized spacial score (nSPS) is 15.1. The summed E-state index contributed by atoms with van der Waals surface area (Å²) >= 11 is 0. The van der Waals surface area contributed by atoms with Gasteiger partial charge in [0, 0.05) is 6.08 Å². The van der Waals surface area contributed by atoms with Crippen LogP contribution in [-0.4, -0.2) is 23.7 Å². The van der Waals surface area contributed by atoms with Gasteiger partial charge in [0.15, 0.2) is 0 Å². The molecule has 3 rings (SSSR count). The lowest BCUT2D eigenvalue weighted by Gasteiger charge is -2.23. The molecule has 0 fully saturated rings. The van der Waals surface area contributed by atoms with Crippen molar-refractivity contribution >= 4 is 18.0 Å². The number of rotatable bonds is 14. The Labute approximate surface area is 209 Å². The summed E-state index contributed by atoms with van der Waals surface area (Å²) in [5.74, 6) is 0.000630. The molecule has 5 heteroatoms. The number of fused-ring (bicyclic) bond motifs is 1. The van der Waals surface area contributed by atoms with E-state index in [1.165, 1.54) is 62.1 Å². The lowest BCUT2D eigenvalue weighted by molar-refractivity contribution is -0.139. The second kappa shape index (κ2) is 14.3. The van der Waals surface area contributed by atoms with Crippen LogP contribution in [0.4, 0.5) is 0 Å². The molecule has 0 spiro atoms. The number of carboxylic acids is 1. The van der Waals surface area contributed by atoms with Crippen LogP contribution in [-0.2, 0) is 22.4 Å². The van der Waals surface area contributed by atoms with Crippen LogP contribution in [0.25, 0.3) is 6.08 Å². The Morgan fingerprint density at radius 3 is 2.31 bits per heavy atom. The third-order valence-corrected chi connectivity index (χ3v) is 6.52. The SMILES string of the molecule is CCCCCCCCCCOc1ccc2c(c1)CCC(C(=O)Oc1ccc(C=CC(=O)O)cc1)C2. The van der Waals surface area contributed by atoms with Gasteiger partial charge in [-0.2, -0.15) is 0 Å². The summed E-state index contributed by atoms with van der Waals surface area (Å²) in [5, 5.41) is 8.71. The molecule has 1 N–H and O–H groups in total. The van der Waals surface area contributed by atoms with E-state index in [4.69, 9.17) is 14.6 Å². The molecule has 1 aliphatic carbocycles. The fourth-order valence-corrected chi connectivity index (χ4v) is 4.46. The predicted octanol–water partition coefficient (Wildman–Crippen LogP) is 7.01. The number of ether oxygens (including phenoxy) is 2. The summed E-state index contributed by atoms with van der Waals surface area (Å²) in [7, 11) is 0. The van der Waals surface area contributed by atoms with Crippen molar-refractivity contribution in [2.75, 3.05) is 6.61 Å². The number of carbonyl (C=O) groups is 2. The molecule has 1 atom stereocenters. The number of aliphatic carboxylic acids is 1. The third kappa shape index (κ3) is 9.23. The van der Waals surface area contributed by atoms with Gasteiger partial charge in [0.05, 0.1) is 12.5 Å². The molecular weight excluding hydrogens is 440 g/mol. The van der Waals surface area contributed by atoms with Gasteiger partial charge in [-0.25, -0.2) is 4.79 Å². The molecule has 0 aliphatic heterocycles. The minimum atomic E-state index is -1.000. The number of carbonyl (C=O) groups excluding carboxylic acids is 1. The molecule has 0 saturated carbocycles. The standard InChI is InChI=1S/C30H38O5/c1-2-3-4-5-6-7-8-9-20-34-28-18-15-24-21-26(14-13-25(24)22-28)30(33)35-27-16-10-23(11-17-27)12-19-29(31)32/h10-12,15-19,22,26H,2-9,13-14,20-21H2,1H3,(H,31,32). The van der Waals surface area contributed by atoms with Crippen molar-refractivity contribution in [1.29, 1.82) is 0 Å². The van der Waals surface area contributed by atoms with Crippen LogP contribution in [0, 0.1) is 5.92 Å². The molecule has 0 bridgehead atoms. The van der Waals surface area contributed by atoms with E-state index in [1.807, 2.05) is 6.07 Å². The number of benzene rings is 2. The van der Waals surface area contributed by atoms with E-state index >= 15 is 0 Å². The summed E-state index contributed by atoms with van der Waals surface area (Å²) in [6.45, 7) is 3.01. The zero-order valence-corrected chi connectivity index (χ0v) is 20.8. The lowest BCUT2D eigenvalue weighted by Crippen LogP contribution is -2.26. The molecule has 0 aromatic heterocycles. The van der Waals surface area contributed by atoms with Crippen molar-refractivity contribution in [3.63, 3.8) is 0 Å². The Bertz CT molecular complexity index is 977. The van der Waals surface area contributed by atoms with Crippen LogP contribution in [0.3, 0.4) is 0 Å². The molecule has 35 heavy (non-hydrogen) atoms. The van der Waals surface area contributed by atoms with Crippen molar-refractivity contribution in [3.8, 4) is 11.5 Å². The smallest absolute Gasteiger partial charge is 0.328 e. The van der Waals surface area contributed by atoms with Crippen molar-refractivity contribution in [2.24, 2.45) is 5.92 Å². The quantitative estimate of drug-likeness (QED) is 0.137. The lowest BCUT2D eigenvalue weighted by atomic mass is 9.84. The van der Waals surface area contributed by atoms with E-state index in [2.05, 4.69) is 19.1 Å². The molecule has 2 aromatic rings. The number of carboxylic acid groups (broad SMARTS) is 1. The Morgan fingerprint density at radius 2 is 1.60 bits per heavy atom. The fourth-order valence-electron chi connectivity index (χ4n) is 4.46. The van der Waals surface area contributed by atoms with Crippen LogP contribution in [0.2, 0.25) is 0 Å². The second-order valence-corrected chi connectivity index (χ2v) is 9.36. The molecule has 0 heterocycles. The minimum absolute atomic E-state index is 0.168. The van der Waals surface area contributed by atoms with E-state index in [1.54, 1.807) is 24.3 Å². The first-order chi connectivity index (χ1) is 17.0. The van der Waals surface area contributed by atoms with Crippen LogP contribution in [0.5, 0.6) is 11.5 Å². The van der Waals surface area contributed by atoms with Gasteiger partial charge >= 0.3 is 11.9 Å². The van der Waals surface area contributed by atoms with Gasteiger partial charge in [-0.3, -0.25) is 4.79 Å². The summed E-state index contributed by atoms with van der Waals surface area (Å²) < 4.78 is 11.6. The predicted molar refractivity (Wildman–Crippen MR) is 139 cm³/mol. The summed E-state index contributed by atoms with van der Waals surface area (Å²) in [4.78, 5) is 23.3. The second-order valence-electron chi connectivity index (χ2n) is 9.36. The van der Waals surface area contributed by atoms with Crippen molar-refractivity contribution < 1.29 is 24.2 Å². The van der Waals surface area contributed by atoms with E-state index in [9.17, 15) is 9.59 Å². The Morgan fingerprint density at radius 1 is 0.914 bits per heavy atom. The summed E-state index contributed by atoms with van der Waals surface area (Å²) in [6.07, 6.45) is 15.2. The zero-order valence-electron chi connectivity index (χ0n) is 20.8. The minimum Gasteiger partial charge on any atom is -0.494 e. The Balaban J connectivity index is 1.40. The molecule has 1 aliphatic rings. The van der Waals surface area contributed by atoms with E-state index in [0.29, 0.717) is 12.2 Å². The third-order valence-electron chi connectivity index (χ3n) is 6.52. The first kappa shape index (κ1) is 26.5. The molecule has 5 nitrogen and oxygen atoms in total.